The Balaban J connectivity index is 2.58. The Bertz CT molecular complexity index is 245. The van der Waals surface area contributed by atoms with Gasteiger partial charge in [0, 0.05) is 6.04 Å². The van der Waals surface area contributed by atoms with E-state index in [1.807, 2.05) is 7.05 Å². The molecular formula is C14H27NO2. The number of carboxylic acid groups (broad SMARTS) is 1. The van der Waals surface area contributed by atoms with Crippen molar-refractivity contribution < 1.29 is 9.90 Å². The molecule has 1 fully saturated rings. The molecule has 3 heteroatoms. The van der Waals surface area contributed by atoms with E-state index < -0.39 is 5.97 Å². The summed E-state index contributed by atoms with van der Waals surface area (Å²) in [4.78, 5) is 13.4. The molecule has 0 aromatic heterocycles. The number of carboxylic acids is 1. The van der Waals surface area contributed by atoms with Gasteiger partial charge in [0.15, 0.2) is 0 Å². The maximum absolute atomic E-state index is 11.3. The molecule has 0 heterocycles. The molecule has 1 unspecified atom stereocenters. The van der Waals surface area contributed by atoms with Crippen molar-refractivity contribution in [3.8, 4) is 0 Å². The first-order valence-corrected chi connectivity index (χ1v) is 6.86. The van der Waals surface area contributed by atoms with Gasteiger partial charge in [0.2, 0.25) is 0 Å². The topological polar surface area (TPSA) is 40.5 Å². The second kappa shape index (κ2) is 6.39. The highest BCUT2D eigenvalue weighted by Crippen LogP contribution is 2.28. The summed E-state index contributed by atoms with van der Waals surface area (Å²) in [6.45, 7) is 6.47. The Labute approximate surface area is 105 Å². The molecule has 0 bridgehead atoms. The zero-order chi connectivity index (χ0) is 13.0. The molecule has 0 aromatic carbocycles. The molecule has 1 N–H and O–H groups in total. The maximum Gasteiger partial charge on any atom is 0.320 e. The van der Waals surface area contributed by atoms with Gasteiger partial charge < -0.3 is 5.11 Å². The molecular weight excluding hydrogens is 214 g/mol. The summed E-state index contributed by atoms with van der Waals surface area (Å²) < 4.78 is 0. The van der Waals surface area contributed by atoms with Crippen molar-refractivity contribution in [2.24, 2.45) is 11.8 Å². The number of aliphatic carboxylic acids is 1. The lowest BCUT2D eigenvalue weighted by atomic mass is 9.86. The number of carbonyl (C=O) groups is 1. The third-order valence-electron chi connectivity index (χ3n) is 4.03. The summed E-state index contributed by atoms with van der Waals surface area (Å²) in [7, 11) is 1.99. The van der Waals surface area contributed by atoms with Crippen molar-refractivity contribution in [3.05, 3.63) is 0 Å². The quantitative estimate of drug-likeness (QED) is 0.804. The van der Waals surface area contributed by atoms with Crippen LogP contribution >= 0.6 is 0 Å². The Hall–Kier alpha value is -0.570. The molecule has 1 atom stereocenters. The van der Waals surface area contributed by atoms with Crippen LogP contribution in [0.1, 0.15) is 52.9 Å². The van der Waals surface area contributed by atoms with E-state index in [1.54, 1.807) is 0 Å². The summed E-state index contributed by atoms with van der Waals surface area (Å²) in [6, 6.07) is 0.152. The molecule has 0 saturated heterocycles. The van der Waals surface area contributed by atoms with E-state index in [-0.39, 0.29) is 6.04 Å². The van der Waals surface area contributed by atoms with E-state index >= 15 is 0 Å². The fourth-order valence-electron chi connectivity index (χ4n) is 2.79. The molecule has 0 amide bonds. The van der Waals surface area contributed by atoms with Crippen LogP contribution in [-0.2, 0) is 4.79 Å². The smallest absolute Gasteiger partial charge is 0.320 e. The van der Waals surface area contributed by atoms with Crippen molar-refractivity contribution >= 4 is 5.97 Å². The molecule has 0 radical (unpaired) electrons. The maximum atomic E-state index is 11.3. The summed E-state index contributed by atoms with van der Waals surface area (Å²) in [5, 5.41) is 9.33. The number of nitrogens with zero attached hydrogens (tertiary/aromatic N) is 1. The van der Waals surface area contributed by atoms with E-state index in [0.717, 1.165) is 25.2 Å². The van der Waals surface area contributed by atoms with Crippen molar-refractivity contribution in [2.45, 2.75) is 65.0 Å². The zero-order valence-corrected chi connectivity index (χ0v) is 11.6. The highest BCUT2D eigenvalue weighted by Gasteiger charge is 2.30. The van der Waals surface area contributed by atoms with Crippen molar-refractivity contribution in [1.82, 2.24) is 4.90 Å². The van der Waals surface area contributed by atoms with Crippen LogP contribution in [0, 0.1) is 11.8 Å². The van der Waals surface area contributed by atoms with Crippen molar-refractivity contribution in [1.29, 1.82) is 0 Å². The molecule has 0 aliphatic heterocycles. The first-order valence-electron chi connectivity index (χ1n) is 6.86. The van der Waals surface area contributed by atoms with Gasteiger partial charge in [0.05, 0.1) is 0 Å². The molecule has 0 spiro atoms. The first-order chi connectivity index (χ1) is 7.91. The van der Waals surface area contributed by atoms with Crippen LogP contribution in [0.2, 0.25) is 0 Å². The van der Waals surface area contributed by atoms with Gasteiger partial charge in [0.25, 0.3) is 0 Å². The average Bonchev–Trinajstić information content (AvgIpc) is 2.25. The van der Waals surface area contributed by atoms with E-state index in [2.05, 4.69) is 25.7 Å². The highest BCUT2D eigenvalue weighted by molar-refractivity contribution is 5.73. The second-order valence-electron chi connectivity index (χ2n) is 6.06. The number of rotatable bonds is 5. The van der Waals surface area contributed by atoms with Gasteiger partial charge in [-0.05, 0) is 51.0 Å². The van der Waals surface area contributed by atoms with Gasteiger partial charge >= 0.3 is 5.97 Å². The monoisotopic (exact) mass is 241 g/mol. The van der Waals surface area contributed by atoms with Crippen LogP contribution in [0.15, 0.2) is 0 Å². The predicted molar refractivity (Wildman–Crippen MR) is 70.1 cm³/mol. The molecule has 1 saturated carbocycles. The average molecular weight is 241 g/mol. The van der Waals surface area contributed by atoms with E-state index in [4.69, 9.17) is 0 Å². The normalized spacial score (nSPS) is 27.4. The SMILES string of the molecule is CC(C)CC(C(=O)O)N(C)C1CCC(C)CC1. The van der Waals surface area contributed by atoms with Gasteiger partial charge in [-0.2, -0.15) is 0 Å². The minimum atomic E-state index is -0.667. The lowest BCUT2D eigenvalue weighted by Gasteiger charge is -2.37. The van der Waals surface area contributed by atoms with Crippen LogP contribution in [0.4, 0.5) is 0 Å². The third-order valence-corrected chi connectivity index (χ3v) is 4.03. The zero-order valence-electron chi connectivity index (χ0n) is 11.6. The molecule has 100 valence electrons. The number of likely N-dealkylation sites (N-methyl/N-ethyl adjacent to an activating group) is 1. The van der Waals surface area contributed by atoms with Crippen LogP contribution in [0.25, 0.3) is 0 Å². The van der Waals surface area contributed by atoms with Crippen LogP contribution in [0.5, 0.6) is 0 Å². The van der Waals surface area contributed by atoms with Crippen LogP contribution in [-0.4, -0.2) is 35.1 Å². The third kappa shape index (κ3) is 4.30. The van der Waals surface area contributed by atoms with E-state index in [9.17, 15) is 9.90 Å². The minimum Gasteiger partial charge on any atom is -0.480 e. The number of hydrogen-bond donors (Lipinski definition) is 1. The summed E-state index contributed by atoms with van der Waals surface area (Å²) in [6.07, 6.45) is 5.53. The second-order valence-corrected chi connectivity index (χ2v) is 6.06. The van der Waals surface area contributed by atoms with Crippen LogP contribution in [0.3, 0.4) is 0 Å². The molecule has 1 aliphatic carbocycles. The molecule has 17 heavy (non-hydrogen) atoms. The summed E-state index contributed by atoms with van der Waals surface area (Å²) in [5.41, 5.74) is 0. The van der Waals surface area contributed by atoms with Gasteiger partial charge in [-0.15, -0.1) is 0 Å². The Kier molecular flexibility index (Phi) is 5.44. The lowest BCUT2D eigenvalue weighted by molar-refractivity contribution is -0.144. The Morgan fingerprint density at radius 2 is 1.82 bits per heavy atom. The summed E-state index contributed by atoms with van der Waals surface area (Å²) >= 11 is 0. The largest absolute Gasteiger partial charge is 0.480 e. The molecule has 1 aliphatic rings. The van der Waals surface area contributed by atoms with Gasteiger partial charge in [-0.25, -0.2) is 0 Å². The predicted octanol–water partition coefficient (Wildman–Crippen LogP) is 3.00. The van der Waals surface area contributed by atoms with Crippen molar-refractivity contribution in [2.75, 3.05) is 7.05 Å². The Morgan fingerprint density at radius 1 is 1.29 bits per heavy atom. The van der Waals surface area contributed by atoms with Crippen molar-refractivity contribution in [3.63, 3.8) is 0 Å². The standard InChI is InChI=1S/C14H27NO2/c1-10(2)9-13(14(16)17)15(4)12-7-5-11(3)6-8-12/h10-13H,5-9H2,1-4H3,(H,16,17). The molecule has 0 aromatic rings. The van der Waals surface area contributed by atoms with Gasteiger partial charge in [0.1, 0.15) is 6.04 Å². The van der Waals surface area contributed by atoms with E-state index in [1.165, 1.54) is 12.8 Å². The summed E-state index contributed by atoms with van der Waals surface area (Å²) in [5.74, 6) is 0.578. The lowest BCUT2D eigenvalue weighted by Crippen LogP contribution is -2.46. The van der Waals surface area contributed by atoms with Gasteiger partial charge in [-0.3, -0.25) is 9.69 Å². The Morgan fingerprint density at radius 3 is 2.24 bits per heavy atom. The fraction of sp³-hybridized carbons (Fsp3) is 0.929. The van der Waals surface area contributed by atoms with E-state index in [0.29, 0.717) is 12.0 Å². The first kappa shape index (κ1) is 14.5. The fourth-order valence-corrected chi connectivity index (χ4v) is 2.79. The molecule has 3 nitrogen and oxygen atoms in total. The molecule has 1 rings (SSSR count). The highest BCUT2D eigenvalue weighted by atomic mass is 16.4. The van der Waals surface area contributed by atoms with Gasteiger partial charge in [-0.1, -0.05) is 20.8 Å². The van der Waals surface area contributed by atoms with Crippen LogP contribution < -0.4 is 0 Å². The number of hydrogen-bond acceptors (Lipinski definition) is 2. The minimum absolute atomic E-state index is 0.312.